The maximum Gasteiger partial charge on any atom is 0.293 e. The number of thioether (sulfide) groups is 1. The van der Waals surface area contributed by atoms with Crippen molar-refractivity contribution < 1.29 is 19.2 Å². The van der Waals surface area contributed by atoms with Crippen LogP contribution >= 0.6 is 23.1 Å². The first-order valence-electron chi connectivity index (χ1n) is 7.47. The molecule has 2 aliphatic rings. The highest BCUT2D eigenvalue weighted by atomic mass is 32.2. The number of carbonyl (C=O) groups excluding carboxylic acids is 4. The monoisotopic (exact) mass is 378 g/mol. The lowest BCUT2D eigenvalue weighted by molar-refractivity contribution is -0.123. The van der Waals surface area contributed by atoms with Crippen LogP contribution in [0.25, 0.3) is 6.08 Å². The molecule has 0 aliphatic carbocycles. The molecule has 2 N–H and O–H groups in total. The van der Waals surface area contributed by atoms with E-state index in [2.05, 4.69) is 15.8 Å². The number of nitrogens with one attached hydrogen (secondary N) is 2. The Morgan fingerprint density at radius 2 is 2.20 bits per heavy atom. The third kappa shape index (κ3) is 4.15. The lowest BCUT2D eigenvalue weighted by Crippen LogP contribution is -2.41. The molecule has 8 nitrogen and oxygen atoms in total. The highest BCUT2D eigenvalue weighted by molar-refractivity contribution is 8.18. The predicted molar refractivity (Wildman–Crippen MR) is 94.8 cm³/mol. The van der Waals surface area contributed by atoms with Gasteiger partial charge < -0.3 is 5.32 Å². The molecule has 1 saturated heterocycles. The van der Waals surface area contributed by atoms with Gasteiger partial charge in [-0.25, -0.2) is 5.43 Å². The Kier molecular flexibility index (Phi) is 5.29. The molecule has 0 aromatic carbocycles. The standard InChI is InChI=1S/C15H14N4O4S2/c20-12-4-3-10(17-18-12)13(21)16-5-6-19-14(22)11(25-15(19)23)8-9-2-1-7-24-9/h1-2,7-8H,3-6H2,(H,16,21)(H,18,20). The minimum Gasteiger partial charge on any atom is -0.349 e. The zero-order chi connectivity index (χ0) is 17.8. The molecule has 0 bridgehead atoms. The molecular weight excluding hydrogens is 364 g/mol. The highest BCUT2D eigenvalue weighted by Crippen LogP contribution is 2.32. The molecule has 1 aromatic heterocycles. The Balaban J connectivity index is 1.53. The number of thiophene rings is 1. The molecule has 4 amide bonds. The summed E-state index contributed by atoms with van der Waals surface area (Å²) in [5, 5.41) is 7.83. The van der Waals surface area contributed by atoms with Crippen LogP contribution in [0.1, 0.15) is 17.7 Å². The summed E-state index contributed by atoms with van der Waals surface area (Å²) in [5.41, 5.74) is 2.47. The van der Waals surface area contributed by atoms with E-state index in [9.17, 15) is 19.2 Å². The molecule has 3 rings (SSSR count). The second-order valence-electron chi connectivity index (χ2n) is 5.20. The van der Waals surface area contributed by atoms with Crippen molar-refractivity contribution in [2.24, 2.45) is 5.10 Å². The van der Waals surface area contributed by atoms with E-state index in [1.165, 1.54) is 11.3 Å². The smallest absolute Gasteiger partial charge is 0.293 e. The Bertz CT molecular complexity index is 785. The molecule has 0 spiro atoms. The van der Waals surface area contributed by atoms with Crippen molar-refractivity contribution in [3.05, 3.63) is 27.3 Å². The quantitative estimate of drug-likeness (QED) is 0.748. The number of imide groups is 1. The molecule has 25 heavy (non-hydrogen) atoms. The maximum absolute atomic E-state index is 12.3. The van der Waals surface area contributed by atoms with Gasteiger partial charge in [-0.05, 0) is 29.3 Å². The first kappa shape index (κ1) is 17.4. The van der Waals surface area contributed by atoms with Gasteiger partial charge in [-0.15, -0.1) is 11.3 Å². The van der Waals surface area contributed by atoms with E-state index in [0.717, 1.165) is 21.5 Å². The largest absolute Gasteiger partial charge is 0.349 e. The molecule has 10 heteroatoms. The first-order chi connectivity index (χ1) is 12.0. The van der Waals surface area contributed by atoms with Crippen LogP contribution in [-0.4, -0.2) is 46.7 Å². The van der Waals surface area contributed by atoms with Gasteiger partial charge in [-0.1, -0.05) is 6.07 Å². The van der Waals surface area contributed by atoms with Gasteiger partial charge in [0.15, 0.2) is 0 Å². The molecule has 3 heterocycles. The number of amides is 4. The molecule has 2 aliphatic heterocycles. The van der Waals surface area contributed by atoms with Crippen LogP contribution in [-0.2, 0) is 14.4 Å². The van der Waals surface area contributed by atoms with Crippen molar-refractivity contribution in [2.75, 3.05) is 13.1 Å². The summed E-state index contributed by atoms with van der Waals surface area (Å²) >= 11 is 2.37. The molecule has 130 valence electrons. The van der Waals surface area contributed by atoms with Crippen molar-refractivity contribution in [1.29, 1.82) is 0 Å². The zero-order valence-corrected chi connectivity index (χ0v) is 14.6. The molecule has 0 atom stereocenters. The van der Waals surface area contributed by atoms with Gasteiger partial charge in [-0.2, -0.15) is 5.10 Å². The number of carbonyl (C=O) groups is 4. The summed E-state index contributed by atoms with van der Waals surface area (Å²) in [6.45, 7) is 0.202. The Morgan fingerprint density at radius 1 is 1.36 bits per heavy atom. The summed E-state index contributed by atoms with van der Waals surface area (Å²) in [6.07, 6.45) is 2.17. The molecule has 0 radical (unpaired) electrons. The van der Waals surface area contributed by atoms with Gasteiger partial charge in [0.05, 0.1) is 4.91 Å². The number of hydrazone groups is 1. The van der Waals surface area contributed by atoms with Crippen LogP contribution < -0.4 is 10.7 Å². The topological polar surface area (TPSA) is 108 Å². The van der Waals surface area contributed by atoms with Gasteiger partial charge >= 0.3 is 0 Å². The van der Waals surface area contributed by atoms with Crippen molar-refractivity contribution in [3.63, 3.8) is 0 Å². The average Bonchev–Trinajstić information content (AvgIpc) is 3.19. The van der Waals surface area contributed by atoms with E-state index in [4.69, 9.17) is 0 Å². The van der Waals surface area contributed by atoms with Crippen LogP contribution in [0.15, 0.2) is 27.5 Å². The summed E-state index contributed by atoms with van der Waals surface area (Å²) in [6, 6.07) is 3.73. The molecule has 1 aromatic rings. The number of hydrogen-bond acceptors (Lipinski definition) is 7. The Morgan fingerprint density at radius 3 is 2.88 bits per heavy atom. The fourth-order valence-corrected chi connectivity index (χ4v) is 3.80. The second kappa shape index (κ2) is 7.62. The molecule has 0 saturated carbocycles. The van der Waals surface area contributed by atoms with Crippen LogP contribution in [0.2, 0.25) is 0 Å². The normalized spacial score (nSPS) is 19.2. The second-order valence-corrected chi connectivity index (χ2v) is 7.17. The van der Waals surface area contributed by atoms with Crippen LogP contribution in [0.3, 0.4) is 0 Å². The minimum atomic E-state index is -0.416. The van der Waals surface area contributed by atoms with Crippen molar-refractivity contribution in [2.45, 2.75) is 12.8 Å². The predicted octanol–water partition coefficient (Wildman–Crippen LogP) is 1.17. The summed E-state index contributed by atoms with van der Waals surface area (Å²) < 4.78 is 0. The van der Waals surface area contributed by atoms with E-state index in [0.29, 0.717) is 4.91 Å². The van der Waals surface area contributed by atoms with Gasteiger partial charge in [-0.3, -0.25) is 24.1 Å². The number of rotatable bonds is 5. The van der Waals surface area contributed by atoms with E-state index >= 15 is 0 Å². The van der Waals surface area contributed by atoms with Gasteiger partial charge in [0.25, 0.3) is 17.1 Å². The molecular formula is C15H14N4O4S2. The SMILES string of the molecule is O=C1CCC(C(=O)NCCN2C(=O)SC(=Cc3cccs3)C2=O)=NN1. The van der Waals surface area contributed by atoms with Crippen molar-refractivity contribution in [1.82, 2.24) is 15.6 Å². The van der Waals surface area contributed by atoms with Crippen LogP contribution in [0, 0.1) is 0 Å². The van der Waals surface area contributed by atoms with E-state index in [1.807, 2.05) is 17.5 Å². The van der Waals surface area contributed by atoms with E-state index in [-0.39, 0.29) is 48.7 Å². The lowest BCUT2D eigenvalue weighted by atomic mass is 10.1. The molecule has 1 fully saturated rings. The summed E-state index contributed by atoms with van der Waals surface area (Å²) in [7, 11) is 0. The van der Waals surface area contributed by atoms with Crippen molar-refractivity contribution in [3.8, 4) is 0 Å². The Labute approximate surface area is 151 Å². The number of hydrogen-bond donors (Lipinski definition) is 2. The third-order valence-electron chi connectivity index (χ3n) is 3.48. The Hall–Kier alpha value is -2.46. The third-order valence-corrected chi connectivity index (χ3v) is 5.20. The van der Waals surface area contributed by atoms with Crippen LogP contribution in [0.4, 0.5) is 4.79 Å². The summed E-state index contributed by atoms with van der Waals surface area (Å²) in [5.74, 6) is -1.01. The lowest BCUT2D eigenvalue weighted by Gasteiger charge is -2.14. The first-order valence-corrected chi connectivity index (χ1v) is 9.16. The highest BCUT2D eigenvalue weighted by Gasteiger charge is 2.34. The van der Waals surface area contributed by atoms with Crippen LogP contribution in [0.5, 0.6) is 0 Å². The zero-order valence-electron chi connectivity index (χ0n) is 13.0. The summed E-state index contributed by atoms with van der Waals surface area (Å²) in [4.78, 5) is 49.6. The van der Waals surface area contributed by atoms with E-state index in [1.54, 1.807) is 6.08 Å². The average molecular weight is 378 g/mol. The fraction of sp³-hybridized carbons (Fsp3) is 0.267. The maximum atomic E-state index is 12.3. The van der Waals surface area contributed by atoms with Gasteiger partial charge in [0.2, 0.25) is 5.91 Å². The van der Waals surface area contributed by atoms with Crippen molar-refractivity contribution >= 4 is 57.8 Å². The minimum absolute atomic E-state index is 0.0812. The fourth-order valence-electron chi connectivity index (χ4n) is 2.22. The van der Waals surface area contributed by atoms with Gasteiger partial charge in [0, 0.05) is 30.8 Å². The van der Waals surface area contributed by atoms with E-state index < -0.39 is 5.91 Å². The number of nitrogens with zero attached hydrogens (tertiary/aromatic N) is 2. The van der Waals surface area contributed by atoms with Gasteiger partial charge in [0.1, 0.15) is 5.71 Å². The molecule has 0 unspecified atom stereocenters.